The predicted molar refractivity (Wildman–Crippen MR) is 230 cm³/mol. The second-order valence-electron chi connectivity index (χ2n) is 16.6. The summed E-state index contributed by atoms with van der Waals surface area (Å²) in [4.78, 5) is 21.9. The minimum Gasteiger partial charge on any atom is -0.490 e. The standard InChI is InChI=1S/C46H46ClN9O2S/c1-27-29(3)59-45-41(27)42(49-28(2)43-54-51-30(4)56(43)45)33-10-8-31(9-11-33)6-7-32-23-46(24-32)20-5-21-55(26-46)40-19-18-39(52-53-40)44(57)50-35-13-16-36(17-14-35)58-37-15-12-34(25-48)38(47)22-37/h8-12,15,18-19,22,28,32,35-36H,5,13-14,16-17,20-21,23-24,26H2,1-4H3,(H,50,57)/t28-,32?,35-,36-,46?/m0/s1. The molecule has 3 aromatic heterocycles. The van der Waals surface area contributed by atoms with Gasteiger partial charge in [-0.05, 0) is 126 Å². The minimum absolute atomic E-state index is 0.0347. The van der Waals surface area contributed by atoms with Crippen molar-refractivity contribution in [2.24, 2.45) is 16.3 Å². The third kappa shape index (κ3) is 7.72. The van der Waals surface area contributed by atoms with Crippen LogP contribution >= 0.6 is 22.9 Å². The van der Waals surface area contributed by atoms with E-state index in [-0.39, 0.29) is 29.5 Å². The molecule has 1 amide bonds. The lowest BCUT2D eigenvalue weighted by Gasteiger charge is -2.51. The molecule has 59 heavy (non-hydrogen) atoms. The van der Waals surface area contributed by atoms with Gasteiger partial charge in [0.15, 0.2) is 17.3 Å². The zero-order valence-corrected chi connectivity index (χ0v) is 35.3. The molecule has 300 valence electrons. The van der Waals surface area contributed by atoms with Crippen molar-refractivity contribution >= 4 is 40.4 Å². The predicted octanol–water partition coefficient (Wildman–Crippen LogP) is 8.65. The van der Waals surface area contributed by atoms with E-state index in [4.69, 9.17) is 26.6 Å². The Bertz CT molecular complexity index is 2550. The maximum atomic E-state index is 13.1. The van der Waals surface area contributed by atoms with Gasteiger partial charge in [0, 0.05) is 52.7 Å². The van der Waals surface area contributed by atoms with Gasteiger partial charge in [-0.1, -0.05) is 35.6 Å². The average molecular weight is 824 g/mol. The Kier molecular flexibility index (Phi) is 10.5. The number of benzene rings is 2. The van der Waals surface area contributed by atoms with E-state index in [1.54, 1.807) is 35.6 Å². The Morgan fingerprint density at radius 2 is 1.80 bits per heavy atom. The van der Waals surface area contributed by atoms with Gasteiger partial charge in [-0.25, -0.2) is 0 Å². The van der Waals surface area contributed by atoms with Gasteiger partial charge in [0.25, 0.3) is 5.91 Å². The van der Waals surface area contributed by atoms with E-state index in [9.17, 15) is 4.79 Å². The largest absolute Gasteiger partial charge is 0.490 e. The quantitative estimate of drug-likeness (QED) is 0.168. The van der Waals surface area contributed by atoms with Crippen LogP contribution in [0.5, 0.6) is 5.75 Å². The molecule has 2 aromatic carbocycles. The number of fused-ring (bicyclic) bond motifs is 3. The van der Waals surface area contributed by atoms with Crippen molar-refractivity contribution < 1.29 is 9.53 Å². The number of amides is 1. The fraction of sp³-hybridized carbons (Fsp3) is 0.413. The van der Waals surface area contributed by atoms with Crippen LogP contribution in [0.15, 0.2) is 59.6 Å². The van der Waals surface area contributed by atoms with Crippen LogP contribution in [0.2, 0.25) is 5.02 Å². The monoisotopic (exact) mass is 823 g/mol. The van der Waals surface area contributed by atoms with Crippen molar-refractivity contribution in [3.05, 3.63) is 110 Å². The van der Waals surface area contributed by atoms with Crippen molar-refractivity contribution in [3.8, 4) is 28.7 Å². The Morgan fingerprint density at radius 1 is 1.00 bits per heavy atom. The van der Waals surface area contributed by atoms with E-state index in [1.807, 2.05) is 13.0 Å². The van der Waals surface area contributed by atoms with Crippen molar-refractivity contribution in [1.82, 2.24) is 30.3 Å². The van der Waals surface area contributed by atoms with Crippen molar-refractivity contribution in [2.45, 2.75) is 97.2 Å². The number of nitrogens with one attached hydrogen (secondary N) is 1. The molecule has 4 aliphatic rings. The molecule has 0 bridgehead atoms. The highest BCUT2D eigenvalue weighted by Crippen LogP contribution is 2.51. The number of anilines is 1. The van der Waals surface area contributed by atoms with Gasteiger partial charge in [-0.15, -0.1) is 31.7 Å². The van der Waals surface area contributed by atoms with Gasteiger partial charge in [-0.2, -0.15) is 5.26 Å². The summed E-state index contributed by atoms with van der Waals surface area (Å²) in [6, 6.07) is 19.4. The number of hydrogen-bond donors (Lipinski definition) is 1. The highest BCUT2D eigenvalue weighted by molar-refractivity contribution is 7.15. The number of carbonyl (C=O) groups is 1. The van der Waals surface area contributed by atoms with Crippen LogP contribution in [0, 0.1) is 55.3 Å². The first kappa shape index (κ1) is 38.9. The summed E-state index contributed by atoms with van der Waals surface area (Å²) in [5, 5.41) is 31.5. The number of aromatic nitrogens is 5. The number of piperidine rings is 1. The number of aliphatic imine (C=N–C) groups is 1. The maximum Gasteiger partial charge on any atom is 0.272 e. The summed E-state index contributed by atoms with van der Waals surface area (Å²) in [5.74, 6) is 10.5. The SMILES string of the molecule is Cc1sc2c(c1C)C(c1ccc(C#CC3CC4(CCCN(c5ccc(C(=O)N[C@H]6CC[C@H](Oc7ccc(C#N)c(Cl)c7)CC6)nn5)C4)C3)cc1)=N[C@@H](C)c1nnc(C)n1-2. The first-order valence-corrected chi connectivity index (χ1v) is 21.7. The lowest BCUT2D eigenvalue weighted by molar-refractivity contribution is 0.0684. The number of ether oxygens (including phenoxy) is 1. The number of nitrogens with zero attached hydrogens (tertiary/aromatic N) is 8. The maximum absolute atomic E-state index is 13.1. The van der Waals surface area contributed by atoms with E-state index in [0.717, 1.165) is 97.3 Å². The molecular formula is C46H46ClN9O2S. The topological polar surface area (TPSA) is 134 Å². The smallest absolute Gasteiger partial charge is 0.272 e. The van der Waals surface area contributed by atoms with E-state index in [2.05, 4.69) is 98.1 Å². The fourth-order valence-electron chi connectivity index (χ4n) is 9.25. The number of hydrogen-bond acceptors (Lipinski definition) is 10. The van der Waals surface area contributed by atoms with Gasteiger partial charge < -0.3 is 15.0 Å². The first-order valence-electron chi connectivity index (χ1n) is 20.5. The summed E-state index contributed by atoms with van der Waals surface area (Å²) < 4.78 is 8.28. The zero-order chi connectivity index (χ0) is 40.8. The molecule has 2 aliphatic carbocycles. The molecule has 2 saturated carbocycles. The van der Waals surface area contributed by atoms with E-state index >= 15 is 0 Å². The van der Waals surface area contributed by atoms with Crippen LogP contribution in [0.25, 0.3) is 5.00 Å². The summed E-state index contributed by atoms with van der Waals surface area (Å²) in [6.07, 6.45) is 7.70. The van der Waals surface area contributed by atoms with Crippen LogP contribution in [0.1, 0.15) is 119 Å². The number of nitriles is 1. The first-order chi connectivity index (χ1) is 28.6. The van der Waals surface area contributed by atoms with Crippen molar-refractivity contribution in [3.63, 3.8) is 0 Å². The molecule has 9 rings (SSSR count). The lowest BCUT2D eigenvalue weighted by atomic mass is 9.58. The van der Waals surface area contributed by atoms with Gasteiger partial charge in [0.1, 0.15) is 28.7 Å². The molecule has 5 heterocycles. The fourth-order valence-corrected chi connectivity index (χ4v) is 10.7. The van der Waals surface area contributed by atoms with Crippen molar-refractivity contribution in [1.29, 1.82) is 5.26 Å². The molecule has 3 fully saturated rings. The Balaban J connectivity index is 0.772. The van der Waals surface area contributed by atoms with Crippen LogP contribution in [-0.2, 0) is 0 Å². The number of thiophene rings is 1. The molecule has 1 saturated heterocycles. The van der Waals surface area contributed by atoms with Crippen LogP contribution in [0.4, 0.5) is 5.82 Å². The molecule has 1 spiro atoms. The number of halogens is 1. The summed E-state index contributed by atoms with van der Waals surface area (Å²) in [7, 11) is 0. The van der Waals surface area contributed by atoms with Gasteiger partial charge >= 0.3 is 0 Å². The van der Waals surface area contributed by atoms with Gasteiger partial charge in [-0.3, -0.25) is 14.4 Å². The molecule has 5 aromatic rings. The van der Waals surface area contributed by atoms with E-state index in [1.165, 1.54) is 22.4 Å². The highest BCUT2D eigenvalue weighted by Gasteiger charge is 2.46. The van der Waals surface area contributed by atoms with Gasteiger partial charge in [0.2, 0.25) is 0 Å². The minimum atomic E-state index is -0.201. The van der Waals surface area contributed by atoms with Crippen LogP contribution in [0.3, 0.4) is 0 Å². The lowest BCUT2D eigenvalue weighted by Crippen LogP contribution is -2.50. The van der Waals surface area contributed by atoms with Crippen LogP contribution in [-0.4, -0.2) is 61.8 Å². The number of rotatable bonds is 6. The molecular weight excluding hydrogens is 778 g/mol. The normalized spacial score (nSPS) is 23.4. The molecule has 2 aliphatic heterocycles. The van der Waals surface area contributed by atoms with Crippen molar-refractivity contribution in [2.75, 3.05) is 18.0 Å². The molecule has 0 radical (unpaired) electrons. The second-order valence-corrected chi connectivity index (χ2v) is 18.2. The number of aryl methyl sites for hydroxylation is 2. The molecule has 11 nitrogen and oxygen atoms in total. The summed E-state index contributed by atoms with van der Waals surface area (Å²) in [6.45, 7) is 10.3. The molecule has 1 N–H and O–H groups in total. The Labute approximate surface area is 353 Å². The Hall–Kier alpha value is -5.56. The highest BCUT2D eigenvalue weighted by atomic mass is 35.5. The third-order valence-electron chi connectivity index (χ3n) is 12.5. The second kappa shape index (κ2) is 15.9. The van der Waals surface area contributed by atoms with Crippen LogP contribution < -0.4 is 15.0 Å². The van der Waals surface area contributed by atoms with E-state index < -0.39 is 0 Å². The summed E-state index contributed by atoms with van der Waals surface area (Å²) >= 11 is 7.94. The molecule has 0 unspecified atom stereocenters. The molecule has 13 heteroatoms. The third-order valence-corrected chi connectivity index (χ3v) is 14.0. The Morgan fingerprint density at radius 3 is 2.53 bits per heavy atom. The summed E-state index contributed by atoms with van der Waals surface area (Å²) in [5.41, 5.74) is 6.50. The zero-order valence-electron chi connectivity index (χ0n) is 33.8. The molecule has 1 atom stereocenters. The van der Waals surface area contributed by atoms with E-state index in [0.29, 0.717) is 27.9 Å². The van der Waals surface area contributed by atoms with Gasteiger partial charge in [0.05, 0.1) is 22.4 Å². The average Bonchev–Trinajstić information content (AvgIpc) is 3.72. The number of carbonyl (C=O) groups excluding carboxylic acids is 1.